The SMILES string of the molecule is O=C(Nc1ccccc1Oc1ccccc1)c1cccc(Oc2ccccc2)c1. The van der Waals surface area contributed by atoms with Gasteiger partial charge in [0.05, 0.1) is 5.69 Å². The van der Waals surface area contributed by atoms with Crippen molar-refractivity contribution in [3.63, 3.8) is 0 Å². The molecule has 4 heteroatoms. The highest BCUT2D eigenvalue weighted by molar-refractivity contribution is 6.05. The van der Waals surface area contributed by atoms with Crippen LogP contribution in [0.15, 0.2) is 109 Å². The van der Waals surface area contributed by atoms with Crippen LogP contribution in [-0.4, -0.2) is 5.91 Å². The van der Waals surface area contributed by atoms with Crippen LogP contribution in [0.4, 0.5) is 5.69 Å². The summed E-state index contributed by atoms with van der Waals surface area (Å²) in [5, 5.41) is 2.92. The third-order valence-corrected chi connectivity index (χ3v) is 4.18. The van der Waals surface area contributed by atoms with Crippen molar-refractivity contribution in [2.75, 3.05) is 5.32 Å². The van der Waals surface area contributed by atoms with Crippen molar-refractivity contribution in [2.24, 2.45) is 0 Å². The molecule has 0 heterocycles. The topological polar surface area (TPSA) is 47.6 Å². The minimum absolute atomic E-state index is 0.243. The summed E-state index contributed by atoms with van der Waals surface area (Å²) in [4.78, 5) is 12.8. The molecule has 1 N–H and O–H groups in total. The predicted octanol–water partition coefficient (Wildman–Crippen LogP) is 6.52. The Kier molecular flexibility index (Phi) is 5.53. The number of benzene rings is 4. The monoisotopic (exact) mass is 381 g/mol. The van der Waals surface area contributed by atoms with E-state index >= 15 is 0 Å². The third kappa shape index (κ3) is 4.82. The molecule has 0 aliphatic heterocycles. The zero-order valence-corrected chi connectivity index (χ0v) is 15.6. The van der Waals surface area contributed by atoms with Crippen molar-refractivity contribution in [2.45, 2.75) is 0 Å². The van der Waals surface area contributed by atoms with Gasteiger partial charge in [-0.25, -0.2) is 0 Å². The zero-order valence-electron chi connectivity index (χ0n) is 15.6. The number of ether oxygens (including phenoxy) is 2. The number of nitrogens with one attached hydrogen (secondary N) is 1. The van der Waals surface area contributed by atoms with Crippen LogP contribution in [0.5, 0.6) is 23.0 Å². The quantitative estimate of drug-likeness (QED) is 0.413. The average Bonchev–Trinajstić information content (AvgIpc) is 2.77. The Bertz CT molecular complexity index is 1100. The van der Waals surface area contributed by atoms with Gasteiger partial charge in [0, 0.05) is 5.56 Å². The smallest absolute Gasteiger partial charge is 0.255 e. The number of para-hydroxylation sites is 4. The molecule has 0 unspecified atom stereocenters. The lowest BCUT2D eigenvalue weighted by atomic mass is 10.2. The first-order valence-corrected chi connectivity index (χ1v) is 9.24. The molecule has 0 aromatic heterocycles. The number of hydrogen-bond donors (Lipinski definition) is 1. The largest absolute Gasteiger partial charge is 0.457 e. The van der Waals surface area contributed by atoms with Crippen molar-refractivity contribution in [1.82, 2.24) is 0 Å². The number of rotatable bonds is 6. The van der Waals surface area contributed by atoms with E-state index in [1.165, 1.54) is 0 Å². The second kappa shape index (κ2) is 8.76. The van der Waals surface area contributed by atoms with Crippen LogP contribution in [0.1, 0.15) is 10.4 Å². The van der Waals surface area contributed by atoms with Crippen LogP contribution >= 0.6 is 0 Å². The van der Waals surface area contributed by atoms with Gasteiger partial charge in [-0.2, -0.15) is 0 Å². The highest BCUT2D eigenvalue weighted by atomic mass is 16.5. The van der Waals surface area contributed by atoms with Crippen molar-refractivity contribution in [3.05, 3.63) is 115 Å². The summed E-state index contributed by atoms with van der Waals surface area (Å²) in [7, 11) is 0. The number of carbonyl (C=O) groups excluding carboxylic acids is 1. The standard InChI is InChI=1S/C25H19NO3/c27-25(19-10-9-15-22(18-19)28-20-11-3-1-4-12-20)26-23-16-7-8-17-24(23)29-21-13-5-2-6-14-21/h1-18H,(H,26,27). The second-order valence-corrected chi connectivity index (χ2v) is 6.31. The van der Waals surface area contributed by atoms with Crippen LogP contribution in [-0.2, 0) is 0 Å². The molecule has 4 aromatic carbocycles. The average molecular weight is 381 g/mol. The van der Waals surface area contributed by atoms with Crippen LogP contribution in [0, 0.1) is 0 Å². The minimum Gasteiger partial charge on any atom is -0.457 e. The predicted molar refractivity (Wildman–Crippen MR) is 114 cm³/mol. The minimum atomic E-state index is -0.243. The summed E-state index contributed by atoms with van der Waals surface area (Å²) in [6.07, 6.45) is 0. The van der Waals surface area contributed by atoms with Gasteiger partial charge in [0.1, 0.15) is 17.2 Å². The van der Waals surface area contributed by atoms with Crippen LogP contribution in [0.25, 0.3) is 0 Å². The summed E-state index contributed by atoms with van der Waals surface area (Å²) in [6.45, 7) is 0. The van der Waals surface area contributed by atoms with Gasteiger partial charge in [0.2, 0.25) is 0 Å². The summed E-state index contributed by atoms with van der Waals surface area (Å²) < 4.78 is 11.7. The van der Waals surface area contributed by atoms with E-state index in [0.717, 1.165) is 0 Å². The van der Waals surface area contributed by atoms with Gasteiger partial charge in [-0.05, 0) is 54.6 Å². The van der Waals surface area contributed by atoms with Gasteiger partial charge >= 0.3 is 0 Å². The second-order valence-electron chi connectivity index (χ2n) is 6.31. The van der Waals surface area contributed by atoms with E-state index in [-0.39, 0.29) is 5.91 Å². The van der Waals surface area contributed by atoms with Crippen LogP contribution in [0.2, 0.25) is 0 Å². The molecule has 0 saturated carbocycles. The zero-order chi connectivity index (χ0) is 19.9. The van der Waals surface area contributed by atoms with Gasteiger partial charge in [-0.1, -0.05) is 54.6 Å². The van der Waals surface area contributed by atoms with E-state index in [1.54, 1.807) is 24.3 Å². The van der Waals surface area contributed by atoms with Gasteiger partial charge < -0.3 is 14.8 Å². The highest BCUT2D eigenvalue weighted by Gasteiger charge is 2.11. The molecule has 4 aromatic rings. The van der Waals surface area contributed by atoms with Crippen molar-refractivity contribution in [3.8, 4) is 23.0 Å². The molecular weight excluding hydrogens is 362 g/mol. The number of anilines is 1. The number of hydrogen-bond acceptors (Lipinski definition) is 3. The van der Waals surface area contributed by atoms with E-state index < -0.39 is 0 Å². The van der Waals surface area contributed by atoms with Crippen molar-refractivity contribution < 1.29 is 14.3 Å². The lowest BCUT2D eigenvalue weighted by Crippen LogP contribution is -2.12. The Balaban J connectivity index is 1.51. The summed E-state index contributed by atoms with van der Waals surface area (Å²) in [6, 6.07) is 33.3. The Labute approximate surface area is 169 Å². The molecule has 0 fully saturated rings. The van der Waals surface area contributed by atoms with Gasteiger partial charge in [0.15, 0.2) is 5.75 Å². The number of amides is 1. The van der Waals surface area contributed by atoms with Crippen LogP contribution < -0.4 is 14.8 Å². The highest BCUT2D eigenvalue weighted by Crippen LogP contribution is 2.30. The number of carbonyl (C=O) groups is 1. The maximum atomic E-state index is 12.8. The van der Waals surface area contributed by atoms with Gasteiger partial charge in [-0.15, -0.1) is 0 Å². The first-order valence-electron chi connectivity index (χ1n) is 9.24. The Morgan fingerprint density at radius 2 is 1.17 bits per heavy atom. The molecule has 0 bridgehead atoms. The third-order valence-electron chi connectivity index (χ3n) is 4.18. The summed E-state index contributed by atoms with van der Waals surface area (Å²) in [5.41, 5.74) is 1.09. The summed E-state index contributed by atoms with van der Waals surface area (Å²) >= 11 is 0. The molecular formula is C25H19NO3. The lowest BCUT2D eigenvalue weighted by molar-refractivity contribution is 0.102. The van der Waals surface area contributed by atoms with Gasteiger partial charge in [-0.3, -0.25) is 4.79 Å². The van der Waals surface area contributed by atoms with E-state index in [4.69, 9.17) is 9.47 Å². The fourth-order valence-electron chi connectivity index (χ4n) is 2.79. The summed E-state index contributed by atoms with van der Waals surface area (Å²) in [5.74, 6) is 2.34. The fourth-order valence-corrected chi connectivity index (χ4v) is 2.79. The van der Waals surface area contributed by atoms with Crippen molar-refractivity contribution >= 4 is 11.6 Å². The molecule has 0 saturated heterocycles. The van der Waals surface area contributed by atoms with Gasteiger partial charge in [0.25, 0.3) is 5.91 Å². The Hall–Kier alpha value is -4.05. The maximum absolute atomic E-state index is 12.8. The molecule has 0 aliphatic rings. The first-order chi connectivity index (χ1) is 14.3. The molecule has 4 nitrogen and oxygen atoms in total. The molecule has 29 heavy (non-hydrogen) atoms. The Morgan fingerprint density at radius 1 is 0.586 bits per heavy atom. The van der Waals surface area contributed by atoms with E-state index in [0.29, 0.717) is 34.2 Å². The molecule has 1 amide bonds. The molecule has 4 rings (SSSR count). The van der Waals surface area contributed by atoms with Crippen LogP contribution in [0.3, 0.4) is 0 Å². The first kappa shape index (κ1) is 18.3. The van der Waals surface area contributed by atoms with E-state index in [2.05, 4.69) is 5.32 Å². The molecule has 0 atom stereocenters. The Morgan fingerprint density at radius 3 is 1.90 bits per heavy atom. The molecule has 0 aliphatic carbocycles. The fraction of sp³-hybridized carbons (Fsp3) is 0. The lowest BCUT2D eigenvalue weighted by Gasteiger charge is -2.13. The normalized spacial score (nSPS) is 10.2. The maximum Gasteiger partial charge on any atom is 0.255 e. The van der Waals surface area contributed by atoms with Crippen molar-refractivity contribution in [1.29, 1.82) is 0 Å². The molecule has 142 valence electrons. The van der Waals surface area contributed by atoms with E-state index in [9.17, 15) is 4.79 Å². The molecule has 0 spiro atoms. The van der Waals surface area contributed by atoms with E-state index in [1.807, 2.05) is 84.9 Å². The molecule has 0 radical (unpaired) electrons.